The Bertz CT molecular complexity index is 996. The highest BCUT2D eigenvalue weighted by atomic mass is 79.9. The van der Waals surface area contributed by atoms with E-state index in [1.54, 1.807) is 37.3 Å². The molecule has 3 amide bonds. The van der Waals surface area contributed by atoms with Gasteiger partial charge in [-0.25, -0.2) is 4.79 Å². The number of nitrogens with zero attached hydrogens (tertiary/aromatic N) is 1. The van der Waals surface area contributed by atoms with Crippen molar-refractivity contribution in [3.8, 4) is 23.0 Å². The Balaban J connectivity index is 1.93. The third-order valence-electron chi connectivity index (χ3n) is 5.12. The molecule has 1 atom stereocenters. The van der Waals surface area contributed by atoms with E-state index in [0.717, 1.165) is 0 Å². The summed E-state index contributed by atoms with van der Waals surface area (Å²) in [6, 6.07) is 8.10. The summed E-state index contributed by atoms with van der Waals surface area (Å²) in [4.78, 5) is 27.2. The monoisotopic (exact) mass is 478 g/mol. The SMILES string of the molecule is COc1ccc(C2(C)NC(=O)N(Cc3cc(OC)c(OC)cc3Br)C2=O)cc1OC. The molecule has 1 saturated heterocycles. The van der Waals surface area contributed by atoms with Gasteiger partial charge < -0.3 is 24.3 Å². The van der Waals surface area contributed by atoms with Crippen molar-refractivity contribution in [3.63, 3.8) is 0 Å². The molecule has 1 aliphatic heterocycles. The summed E-state index contributed by atoms with van der Waals surface area (Å²) in [6.07, 6.45) is 0. The molecule has 160 valence electrons. The molecule has 1 N–H and O–H groups in total. The second-order valence-electron chi connectivity index (χ2n) is 6.81. The van der Waals surface area contributed by atoms with E-state index in [2.05, 4.69) is 21.2 Å². The fraction of sp³-hybridized carbons (Fsp3) is 0.333. The van der Waals surface area contributed by atoms with Crippen molar-refractivity contribution in [2.75, 3.05) is 28.4 Å². The van der Waals surface area contributed by atoms with Gasteiger partial charge in [0.05, 0.1) is 35.0 Å². The zero-order valence-electron chi connectivity index (χ0n) is 17.4. The Morgan fingerprint density at radius 1 is 0.900 bits per heavy atom. The number of nitrogens with one attached hydrogen (secondary N) is 1. The van der Waals surface area contributed by atoms with Gasteiger partial charge in [-0.05, 0) is 42.3 Å². The van der Waals surface area contributed by atoms with Crippen LogP contribution in [0.1, 0.15) is 18.1 Å². The first-order valence-corrected chi connectivity index (χ1v) is 9.85. The number of hydrogen-bond donors (Lipinski definition) is 1. The van der Waals surface area contributed by atoms with E-state index in [4.69, 9.17) is 18.9 Å². The number of rotatable bonds is 7. The summed E-state index contributed by atoms with van der Waals surface area (Å²) in [5.74, 6) is 1.68. The smallest absolute Gasteiger partial charge is 0.325 e. The highest BCUT2D eigenvalue weighted by Gasteiger charge is 2.49. The van der Waals surface area contributed by atoms with Crippen molar-refractivity contribution in [1.82, 2.24) is 10.2 Å². The molecular weight excluding hydrogens is 456 g/mol. The van der Waals surface area contributed by atoms with Crippen LogP contribution in [0.4, 0.5) is 4.79 Å². The summed E-state index contributed by atoms with van der Waals surface area (Å²) in [5.41, 5.74) is 0.0553. The second-order valence-corrected chi connectivity index (χ2v) is 7.67. The molecule has 30 heavy (non-hydrogen) atoms. The highest BCUT2D eigenvalue weighted by molar-refractivity contribution is 9.10. The lowest BCUT2D eigenvalue weighted by molar-refractivity contribution is -0.131. The van der Waals surface area contributed by atoms with E-state index < -0.39 is 11.6 Å². The minimum Gasteiger partial charge on any atom is -0.493 e. The second kappa shape index (κ2) is 8.43. The van der Waals surface area contributed by atoms with Crippen molar-refractivity contribution < 1.29 is 28.5 Å². The number of benzene rings is 2. The lowest BCUT2D eigenvalue weighted by atomic mass is 9.91. The van der Waals surface area contributed by atoms with E-state index in [9.17, 15) is 9.59 Å². The van der Waals surface area contributed by atoms with Crippen LogP contribution in [0, 0.1) is 0 Å². The molecule has 8 nitrogen and oxygen atoms in total. The molecule has 0 spiro atoms. The van der Waals surface area contributed by atoms with E-state index in [1.807, 2.05) is 0 Å². The van der Waals surface area contributed by atoms with Crippen molar-refractivity contribution in [2.45, 2.75) is 19.0 Å². The molecule has 1 heterocycles. The van der Waals surface area contributed by atoms with Gasteiger partial charge in [0.15, 0.2) is 23.0 Å². The Morgan fingerprint density at radius 3 is 2.07 bits per heavy atom. The number of hydrogen-bond acceptors (Lipinski definition) is 6. The number of carbonyl (C=O) groups excluding carboxylic acids is 2. The van der Waals surface area contributed by atoms with E-state index in [-0.39, 0.29) is 12.5 Å². The molecule has 0 bridgehead atoms. The number of methoxy groups -OCH3 is 4. The minimum atomic E-state index is -1.24. The van der Waals surface area contributed by atoms with E-state index >= 15 is 0 Å². The van der Waals surface area contributed by atoms with Crippen LogP contribution >= 0.6 is 15.9 Å². The third-order valence-corrected chi connectivity index (χ3v) is 5.86. The molecule has 9 heteroatoms. The summed E-state index contributed by atoms with van der Waals surface area (Å²) in [7, 11) is 6.11. The topological polar surface area (TPSA) is 86.3 Å². The van der Waals surface area contributed by atoms with Crippen molar-refractivity contribution >= 4 is 27.9 Å². The zero-order valence-corrected chi connectivity index (χ0v) is 19.0. The highest BCUT2D eigenvalue weighted by Crippen LogP contribution is 2.38. The number of urea groups is 1. The van der Waals surface area contributed by atoms with Crippen molar-refractivity contribution in [3.05, 3.63) is 45.9 Å². The van der Waals surface area contributed by atoms with Gasteiger partial charge in [0.1, 0.15) is 5.54 Å². The average molecular weight is 479 g/mol. The van der Waals surface area contributed by atoms with Gasteiger partial charge in [-0.1, -0.05) is 22.0 Å². The Hall–Kier alpha value is -2.94. The fourth-order valence-corrected chi connectivity index (χ4v) is 3.82. The van der Waals surface area contributed by atoms with Crippen LogP contribution in [0.15, 0.2) is 34.8 Å². The van der Waals surface area contributed by atoms with Crippen molar-refractivity contribution in [2.24, 2.45) is 0 Å². The standard InChI is InChI=1S/C21H23BrN2O6/c1-21(13-6-7-15(27-2)17(9-13)29-4)19(25)24(20(26)23-21)11-12-8-16(28-3)18(30-5)10-14(12)22/h6-10H,11H2,1-5H3,(H,23,26). The first-order valence-electron chi connectivity index (χ1n) is 9.06. The number of amides is 3. The number of imide groups is 1. The average Bonchev–Trinajstić information content (AvgIpc) is 2.97. The Labute approximate surface area is 183 Å². The maximum atomic E-state index is 13.3. The Morgan fingerprint density at radius 2 is 1.47 bits per heavy atom. The summed E-state index contributed by atoms with van der Waals surface area (Å²) < 4.78 is 21.9. The Kier molecular flexibility index (Phi) is 6.12. The van der Waals surface area contributed by atoms with Crippen molar-refractivity contribution in [1.29, 1.82) is 0 Å². The first kappa shape index (κ1) is 21.8. The lowest BCUT2D eigenvalue weighted by Gasteiger charge is -2.23. The van der Waals surface area contributed by atoms with Gasteiger partial charge in [-0.3, -0.25) is 9.69 Å². The maximum Gasteiger partial charge on any atom is 0.325 e. The van der Waals surface area contributed by atoms with Gasteiger partial charge in [0, 0.05) is 4.47 Å². The van der Waals surface area contributed by atoms with Crippen LogP contribution in [0.3, 0.4) is 0 Å². The van der Waals surface area contributed by atoms with E-state index in [0.29, 0.717) is 38.6 Å². The lowest BCUT2D eigenvalue weighted by Crippen LogP contribution is -2.40. The number of halogens is 1. The van der Waals surface area contributed by atoms with Gasteiger partial charge in [-0.15, -0.1) is 0 Å². The van der Waals surface area contributed by atoms with Crippen LogP contribution < -0.4 is 24.3 Å². The summed E-state index contributed by atoms with van der Waals surface area (Å²) >= 11 is 3.47. The minimum absolute atomic E-state index is 0.0640. The predicted molar refractivity (Wildman–Crippen MR) is 113 cm³/mol. The molecule has 0 saturated carbocycles. The van der Waals surface area contributed by atoms with Crippen LogP contribution in [0.5, 0.6) is 23.0 Å². The summed E-state index contributed by atoms with van der Waals surface area (Å²) in [5, 5.41) is 2.80. The summed E-state index contributed by atoms with van der Waals surface area (Å²) in [6.45, 7) is 1.73. The normalized spacial score (nSPS) is 18.3. The molecule has 0 aliphatic carbocycles. The quantitative estimate of drug-likeness (QED) is 0.613. The van der Waals surface area contributed by atoms with Crippen LogP contribution in [0.2, 0.25) is 0 Å². The van der Waals surface area contributed by atoms with Gasteiger partial charge >= 0.3 is 6.03 Å². The van der Waals surface area contributed by atoms with Crippen LogP contribution in [0.25, 0.3) is 0 Å². The van der Waals surface area contributed by atoms with Gasteiger partial charge in [0.2, 0.25) is 0 Å². The van der Waals surface area contributed by atoms with Crippen LogP contribution in [-0.4, -0.2) is 45.3 Å². The molecule has 0 radical (unpaired) electrons. The van der Waals surface area contributed by atoms with E-state index in [1.165, 1.54) is 33.3 Å². The van der Waals surface area contributed by atoms with Crippen LogP contribution in [-0.2, 0) is 16.9 Å². The van der Waals surface area contributed by atoms with Gasteiger partial charge in [-0.2, -0.15) is 0 Å². The largest absolute Gasteiger partial charge is 0.493 e. The zero-order chi connectivity index (χ0) is 22.1. The molecule has 1 aliphatic rings. The molecule has 2 aromatic rings. The fourth-order valence-electron chi connectivity index (χ4n) is 3.37. The number of carbonyl (C=O) groups is 2. The number of ether oxygens (including phenoxy) is 4. The third kappa shape index (κ3) is 3.65. The molecule has 1 fully saturated rings. The van der Waals surface area contributed by atoms with Gasteiger partial charge in [0.25, 0.3) is 5.91 Å². The maximum absolute atomic E-state index is 13.3. The first-order chi connectivity index (χ1) is 14.3. The molecule has 1 unspecified atom stereocenters. The predicted octanol–water partition coefficient (Wildman–Crippen LogP) is 3.45. The molecule has 3 rings (SSSR count). The molecule has 2 aromatic carbocycles. The molecular formula is C21H23BrN2O6. The molecule has 0 aromatic heterocycles.